The first-order valence-electron chi connectivity index (χ1n) is 14.1. The van der Waals surface area contributed by atoms with Gasteiger partial charge in [-0.05, 0) is 82.3 Å². The number of fused-ring (bicyclic) bond motifs is 1. The lowest BCUT2D eigenvalue weighted by Gasteiger charge is -2.36. The highest BCUT2D eigenvalue weighted by Crippen LogP contribution is 2.34. The molecule has 2 aromatic heterocycles. The predicted molar refractivity (Wildman–Crippen MR) is 147 cm³/mol. The van der Waals surface area contributed by atoms with E-state index in [9.17, 15) is 5.11 Å². The average Bonchev–Trinajstić information content (AvgIpc) is 3.56. The van der Waals surface area contributed by atoms with Gasteiger partial charge >= 0.3 is 0 Å². The van der Waals surface area contributed by atoms with E-state index in [1.807, 2.05) is 30.8 Å². The van der Waals surface area contributed by atoms with Gasteiger partial charge in [-0.2, -0.15) is 5.10 Å². The zero-order valence-electron chi connectivity index (χ0n) is 22.8. The molecule has 3 fully saturated rings. The number of likely N-dealkylation sites (tertiary alicyclic amines) is 1. The minimum absolute atomic E-state index is 0.0162. The molecule has 3 aliphatic rings. The molecule has 1 N–H and O–H groups in total. The summed E-state index contributed by atoms with van der Waals surface area (Å²) in [6, 6.07) is 7.24. The van der Waals surface area contributed by atoms with E-state index in [0.717, 1.165) is 55.4 Å². The highest BCUT2D eigenvalue weighted by atomic mass is 16.5. The first-order chi connectivity index (χ1) is 18.5. The number of anilines is 1. The Morgan fingerprint density at radius 2 is 1.82 bits per heavy atom. The molecule has 2 unspecified atom stereocenters. The topological polar surface area (TPSA) is 88.8 Å². The number of piperidine rings is 1. The Labute approximate surface area is 224 Å². The number of aliphatic hydroxyl groups excluding tert-OH is 1. The molecule has 6 rings (SSSR count). The van der Waals surface area contributed by atoms with Crippen LogP contribution in [0.1, 0.15) is 49.1 Å². The third kappa shape index (κ3) is 5.04. The summed E-state index contributed by atoms with van der Waals surface area (Å²) in [5.74, 6) is 2.92. The monoisotopic (exact) mass is 520 g/mol. The van der Waals surface area contributed by atoms with E-state index in [2.05, 4.69) is 28.9 Å². The van der Waals surface area contributed by atoms with Gasteiger partial charge in [0.05, 0.1) is 37.6 Å². The number of aryl methyl sites for hydroxylation is 2. The zero-order valence-corrected chi connectivity index (χ0v) is 22.8. The van der Waals surface area contributed by atoms with Crippen molar-refractivity contribution in [3.8, 4) is 5.82 Å². The molecule has 204 valence electrons. The van der Waals surface area contributed by atoms with Crippen molar-refractivity contribution in [3.63, 3.8) is 0 Å². The smallest absolute Gasteiger partial charge is 0.159 e. The van der Waals surface area contributed by atoms with E-state index >= 15 is 0 Å². The molecular weight excluding hydrogens is 480 g/mol. The van der Waals surface area contributed by atoms with Crippen LogP contribution in [0.4, 0.5) is 5.82 Å². The van der Waals surface area contributed by atoms with Crippen LogP contribution in [0.5, 0.6) is 0 Å². The van der Waals surface area contributed by atoms with Gasteiger partial charge in [0.1, 0.15) is 11.6 Å². The molecule has 5 heterocycles. The number of aliphatic hydroxyl groups is 1. The number of hydrogen-bond acceptors (Lipinski definition) is 8. The lowest BCUT2D eigenvalue weighted by atomic mass is 9.86. The van der Waals surface area contributed by atoms with Gasteiger partial charge in [0.25, 0.3) is 0 Å². The van der Waals surface area contributed by atoms with Crippen molar-refractivity contribution in [1.82, 2.24) is 24.6 Å². The number of ether oxygens (including phenoxy) is 2. The van der Waals surface area contributed by atoms with Crippen molar-refractivity contribution in [2.24, 2.45) is 5.92 Å². The SMILES string of the molecule is Cc1nc(N2CCOC(C)[C@H](CO)C2)cc(-n2ncc3cc(C)c(C4CCN(C5CCOC5)CC4)cc32)n1. The standard InChI is InChI=1S/C29H40N6O3/c1-19-12-23-15-30-35(27(23)13-26(19)22-4-7-33(8-5-22)25-6-10-37-18-25)29-14-28(31-21(3)32-29)34-9-11-38-20(2)24(16-34)17-36/h12-15,20,22,24-25,36H,4-11,16-18H2,1-3H3/t20?,24-,25?/m0/s1. The van der Waals surface area contributed by atoms with Crippen molar-refractivity contribution in [3.05, 3.63) is 41.3 Å². The van der Waals surface area contributed by atoms with Gasteiger partial charge in [-0.3, -0.25) is 4.90 Å². The summed E-state index contributed by atoms with van der Waals surface area (Å²) >= 11 is 0. The maximum absolute atomic E-state index is 9.89. The van der Waals surface area contributed by atoms with Crippen molar-refractivity contribution in [2.75, 3.05) is 57.5 Å². The van der Waals surface area contributed by atoms with E-state index < -0.39 is 0 Å². The Balaban J connectivity index is 1.28. The van der Waals surface area contributed by atoms with Crippen LogP contribution in [0, 0.1) is 19.8 Å². The molecule has 0 bridgehead atoms. The van der Waals surface area contributed by atoms with Crippen LogP contribution in [-0.2, 0) is 9.47 Å². The van der Waals surface area contributed by atoms with Crippen LogP contribution in [0.2, 0.25) is 0 Å². The molecule has 0 spiro atoms. The fourth-order valence-electron chi connectivity index (χ4n) is 6.44. The van der Waals surface area contributed by atoms with Crippen molar-refractivity contribution in [2.45, 2.75) is 58.1 Å². The molecule has 3 aliphatic heterocycles. The third-order valence-electron chi connectivity index (χ3n) is 8.79. The molecule has 3 saturated heterocycles. The van der Waals surface area contributed by atoms with Crippen molar-refractivity contribution < 1.29 is 14.6 Å². The van der Waals surface area contributed by atoms with Gasteiger partial charge < -0.3 is 19.5 Å². The molecule has 3 atom stereocenters. The van der Waals surface area contributed by atoms with Crippen LogP contribution in [0.3, 0.4) is 0 Å². The molecule has 0 radical (unpaired) electrons. The summed E-state index contributed by atoms with van der Waals surface area (Å²) in [6.07, 6.45) is 5.47. The number of aromatic nitrogens is 4. The first-order valence-corrected chi connectivity index (χ1v) is 14.1. The predicted octanol–water partition coefficient (Wildman–Crippen LogP) is 3.23. The molecule has 1 aromatic carbocycles. The van der Waals surface area contributed by atoms with Gasteiger partial charge in [-0.1, -0.05) is 0 Å². The fraction of sp³-hybridized carbons (Fsp3) is 0.621. The van der Waals surface area contributed by atoms with Gasteiger partial charge in [-0.25, -0.2) is 14.6 Å². The Hall–Kier alpha value is -2.59. The first kappa shape index (κ1) is 25.7. The molecule has 0 amide bonds. The summed E-state index contributed by atoms with van der Waals surface area (Å²) < 4.78 is 13.5. The second-order valence-electron chi connectivity index (χ2n) is 11.2. The van der Waals surface area contributed by atoms with Crippen LogP contribution >= 0.6 is 0 Å². The van der Waals surface area contributed by atoms with E-state index in [1.165, 1.54) is 30.4 Å². The number of rotatable bonds is 5. The van der Waals surface area contributed by atoms with Crippen molar-refractivity contribution >= 4 is 16.7 Å². The Kier molecular flexibility index (Phi) is 7.35. The van der Waals surface area contributed by atoms with E-state index in [0.29, 0.717) is 30.9 Å². The maximum Gasteiger partial charge on any atom is 0.159 e. The normalized spacial score (nSPS) is 25.8. The quantitative estimate of drug-likeness (QED) is 0.549. The van der Waals surface area contributed by atoms with Gasteiger partial charge in [0, 0.05) is 43.1 Å². The van der Waals surface area contributed by atoms with E-state index in [1.54, 1.807) is 0 Å². The Bertz CT molecular complexity index is 1260. The highest BCUT2D eigenvalue weighted by molar-refractivity contribution is 5.82. The molecule has 0 saturated carbocycles. The van der Waals surface area contributed by atoms with Gasteiger partial charge in [0.15, 0.2) is 5.82 Å². The van der Waals surface area contributed by atoms with E-state index in [-0.39, 0.29) is 18.6 Å². The minimum Gasteiger partial charge on any atom is -0.396 e. The zero-order chi connectivity index (χ0) is 26.2. The largest absolute Gasteiger partial charge is 0.396 e. The van der Waals surface area contributed by atoms with Crippen molar-refractivity contribution in [1.29, 1.82) is 0 Å². The molecule has 38 heavy (non-hydrogen) atoms. The molecular formula is C29H40N6O3. The lowest BCUT2D eigenvalue weighted by Crippen LogP contribution is -2.41. The van der Waals surface area contributed by atoms with Gasteiger partial charge in [-0.15, -0.1) is 0 Å². The summed E-state index contributed by atoms with van der Waals surface area (Å²) in [5.41, 5.74) is 3.85. The average molecular weight is 521 g/mol. The molecule has 0 aliphatic carbocycles. The molecule has 9 nitrogen and oxygen atoms in total. The fourth-order valence-corrected chi connectivity index (χ4v) is 6.44. The second-order valence-corrected chi connectivity index (χ2v) is 11.2. The van der Waals surface area contributed by atoms with E-state index in [4.69, 9.17) is 24.5 Å². The Morgan fingerprint density at radius 3 is 2.58 bits per heavy atom. The minimum atomic E-state index is 0.0162. The molecule has 9 heteroatoms. The number of hydrogen-bond donors (Lipinski definition) is 1. The number of nitrogens with zero attached hydrogens (tertiary/aromatic N) is 6. The van der Waals surface area contributed by atoms with Gasteiger partial charge in [0.2, 0.25) is 0 Å². The summed E-state index contributed by atoms with van der Waals surface area (Å²) in [4.78, 5) is 14.4. The lowest BCUT2D eigenvalue weighted by molar-refractivity contribution is 0.0256. The van der Waals surface area contributed by atoms with Crippen LogP contribution in [0.25, 0.3) is 16.7 Å². The highest BCUT2D eigenvalue weighted by Gasteiger charge is 2.29. The summed E-state index contributed by atoms with van der Waals surface area (Å²) in [5, 5.41) is 15.8. The van der Waals surface area contributed by atoms with Crippen LogP contribution in [-0.4, -0.2) is 94.5 Å². The maximum atomic E-state index is 9.89. The molecule has 3 aromatic rings. The Morgan fingerprint density at radius 1 is 1.00 bits per heavy atom. The summed E-state index contributed by atoms with van der Waals surface area (Å²) in [6.45, 7) is 12.4. The summed E-state index contributed by atoms with van der Waals surface area (Å²) in [7, 11) is 0. The van der Waals surface area contributed by atoms with Crippen LogP contribution < -0.4 is 4.90 Å². The number of benzene rings is 1. The third-order valence-corrected chi connectivity index (χ3v) is 8.79. The van der Waals surface area contributed by atoms with Crippen LogP contribution in [0.15, 0.2) is 24.4 Å². The second kappa shape index (κ2) is 10.9.